The van der Waals surface area contributed by atoms with Gasteiger partial charge in [-0.25, -0.2) is 4.68 Å². The van der Waals surface area contributed by atoms with Crippen LogP contribution < -0.4 is 4.74 Å². The van der Waals surface area contributed by atoms with Crippen LogP contribution in [-0.4, -0.2) is 64.9 Å². The van der Waals surface area contributed by atoms with Crippen LogP contribution in [-0.2, 0) is 23.1 Å². The summed E-state index contributed by atoms with van der Waals surface area (Å²) in [6.45, 7) is 8.27. The van der Waals surface area contributed by atoms with Crippen molar-refractivity contribution >= 4 is 11.6 Å². The summed E-state index contributed by atoms with van der Waals surface area (Å²) in [4.78, 5) is 2.14. The Bertz CT molecular complexity index is 1050. The zero-order chi connectivity index (χ0) is 25.4. The number of halogens is 1. The van der Waals surface area contributed by atoms with E-state index in [4.69, 9.17) is 30.9 Å². The molecule has 2 aromatic carbocycles. The van der Waals surface area contributed by atoms with Crippen LogP contribution in [0.25, 0.3) is 11.3 Å². The van der Waals surface area contributed by atoms with E-state index in [1.165, 1.54) is 0 Å². The third kappa shape index (κ3) is 8.33. The highest BCUT2D eigenvalue weighted by molar-refractivity contribution is 6.30. The molecule has 3 rings (SSSR count). The molecule has 0 aliphatic heterocycles. The van der Waals surface area contributed by atoms with E-state index in [0.717, 1.165) is 16.8 Å². The monoisotopic (exact) mass is 501 g/mol. The number of aromatic nitrogens is 2. The summed E-state index contributed by atoms with van der Waals surface area (Å²) in [5, 5.41) is 16.1. The summed E-state index contributed by atoms with van der Waals surface area (Å²) >= 11 is 6.06. The molecule has 0 aliphatic rings. The van der Waals surface area contributed by atoms with Gasteiger partial charge in [0.25, 0.3) is 0 Å². The molecule has 1 N–H and O–H groups in total. The molecule has 0 spiro atoms. The number of ether oxygens (including phenoxy) is 3. The number of nitrogens with zero attached hydrogens (tertiary/aromatic N) is 3. The third-order valence-corrected chi connectivity index (χ3v) is 5.59. The van der Waals surface area contributed by atoms with Crippen molar-refractivity contribution in [2.24, 2.45) is 7.05 Å². The van der Waals surface area contributed by atoms with Gasteiger partial charge >= 0.3 is 0 Å². The van der Waals surface area contributed by atoms with E-state index in [1.54, 1.807) is 23.9 Å². The lowest BCUT2D eigenvalue weighted by Gasteiger charge is -2.27. The number of aliphatic hydroxyl groups is 1. The van der Waals surface area contributed by atoms with Crippen molar-refractivity contribution in [1.29, 1.82) is 0 Å². The fourth-order valence-corrected chi connectivity index (χ4v) is 3.77. The smallest absolute Gasteiger partial charge is 0.222 e. The minimum atomic E-state index is -0.649. The molecule has 0 unspecified atom stereocenters. The molecule has 190 valence electrons. The summed E-state index contributed by atoms with van der Waals surface area (Å²) in [6.07, 6.45) is -0.649. The van der Waals surface area contributed by atoms with E-state index in [-0.39, 0.29) is 12.2 Å². The number of hydrogen-bond acceptors (Lipinski definition) is 6. The first-order valence-electron chi connectivity index (χ1n) is 11.7. The maximum atomic E-state index is 10.7. The van der Waals surface area contributed by atoms with Crippen LogP contribution in [0, 0.1) is 0 Å². The Labute approximate surface area is 213 Å². The fourth-order valence-electron chi connectivity index (χ4n) is 3.64. The Balaban J connectivity index is 1.92. The van der Waals surface area contributed by atoms with E-state index in [9.17, 15) is 5.11 Å². The summed E-state index contributed by atoms with van der Waals surface area (Å²) in [5.74, 6) is 1.30. The van der Waals surface area contributed by atoms with Gasteiger partial charge in [0.2, 0.25) is 5.88 Å². The molecule has 0 fully saturated rings. The summed E-state index contributed by atoms with van der Waals surface area (Å²) < 4.78 is 19.2. The average molecular weight is 502 g/mol. The summed E-state index contributed by atoms with van der Waals surface area (Å²) in [7, 11) is 3.54. The molecule has 0 bridgehead atoms. The highest BCUT2D eigenvalue weighted by atomic mass is 35.5. The van der Waals surface area contributed by atoms with Gasteiger partial charge in [-0.3, -0.25) is 4.90 Å². The number of methoxy groups -OCH3 is 1. The first-order valence-corrected chi connectivity index (χ1v) is 12.1. The molecule has 3 aromatic rings. The van der Waals surface area contributed by atoms with Gasteiger partial charge in [-0.1, -0.05) is 41.9 Å². The van der Waals surface area contributed by atoms with Crippen molar-refractivity contribution in [3.8, 4) is 22.9 Å². The van der Waals surface area contributed by atoms with Gasteiger partial charge in [0.15, 0.2) is 0 Å². The Hall–Kier alpha value is -2.42. The van der Waals surface area contributed by atoms with Crippen molar-refractivity contribution in [3.05, 3.63) is 65.2 Å². The Morgan fingerprint density at radius 3 is 2.40 bits per heavy atom. The third-order valence-electron chi connectivity index (χ3n) is 5.33. The topological polar surface area (TPSA) is 69.0 Å². The predicted molar refractivity (Wildman–Crippen MR) is 139 cm³/mol. The molecule has 0 radical (unpaired) electrons. The van der Waals surface area contributed by atoms with Gasteiger partial charge in [-0.2, -0.15) is 5.10 Å². The van der Waals surface area contributed by atoms with Crippen molar-refractivity contribution in [2.45, 2.75) is 39.0 Å². The molecular weight excluding hydrogens is 466 g/mol. The molecule has 1 heterocycles. The molecule has 0 amide bonds. The van der Waals surface area contributed by atoms with Gasteiger partial charge in [0.1, 0.15) is 11.4 Å². The van der Waals surface area contributed by atoms with E-state index < -0.39 is 6.10 Å². The van der Waals surface area contributed by atoms with E-state index in [2.05, 4.69) is 4.90 Å². The first kappa shape index (κ1) is 27.2. The van der Waals surface area contributed by atoms with Crippen molar-refractivity contribution < 1.29 is 19.3 Å². The lowest BCUT2D eigenvalue weighted by atomic mass is 10.1. The maximum absolute atomic E-state index is 10.7. The lowest BCUT2D eigenvalue weighted by Crippen LogP contribution is -2.38. The zero-order valence-corrected chi connectivity index (χ0v) is 22.0. The predicted octanol–water partition coefficient (Wildman–Crippen LogP) is 5.16. The molecule has 0 saturated carbocycles. The van der Waals surface area contributed by atoms with Crippen LogP contribution in [0.2, 0.25) is 5.02 Å². The van der Waals surface area contributed by atoms with Gasteiger partial charge in [-0.05, 0) is 45.0 Å². The van der Waals surface area contributed by atoms with Crippen molar-refractivity contribution in [1.82, 2.24) is 14.7 Å². The molecule has 35 heavy (non-hydrogen) atoms. The van der Waals surface area contributed by atoms with E-state index in [0.29, 0.717) is 42.9 Å². The van der Waals surface area contributed by atoms with Crippen LogP contribution in [0.4, 0.5) is 0 Å². The summed E-state index contributed by atoms with van der Waals surface area (Å²) in [6, 6.07) is 17.3. The molecular formula is C27H36ClN3O4. The highest BCUT2D eigenvalue weighted by Gasteiger charge is 2.24. The maximum Gasteiger partial charge on any atom is 0.222 e. The number of rotatable bonds is 12. The molecule has 1 aromatic heterocycles. The molecule has 0 aliphatic carbocycles. The Kier molecular flexibility index (Phi) is 9.71. The second kappa shape index (κ2) is 12.5. The van der Waals surface area contributed by atoms with Crippen molar-refractivity contribution in [2.75, 3.05) is 33.4 Å². The van der Waals surface area contributed by atoms with Gasteiger partial charge in [-0.15, -0.1) is 0 Å². The normalized spacial score (nSPS) is 12.8. The second-order valence-corrected chi connectivity index (χ2v) is 9.92. The van der Waals surface area contributed by atoms with Crippen molar-refractivity contribution in [3.63, 3.8) is 0 Å². The Morgan fingerprint density at radius 1 is 1.09 bits per heavy atom. The van der Waals surface area contributed by atoms with Gasteiger partial charge < -0.3 is 19.3 Å². The number of hydrogen-bond donors (Lipinski definition) is 1. The summed E-state index contributed by atoms with van der Waals surface area (Å²) in [5.41, 5.74) is 2.43. The van der Waals surface area contributed by atoms with Gasteiger partial charge in [0.05, 0.1) is 30.5 Å². The van der Waals surface area contributed by atoms with Crippen LogP contribution in [0.15, 0.2) is 54.6 Å². The number of aryl methyl sites for hydroxylation is 1. The highest BCUT2D eigenvalue weighted by Crippen LogP contribution is 2.34. The van der Waals surface area contributed by atoms with Crippen LogP contribution in [0.1, 0.15) is 26.3 Å². The lowest BCUT2D eigenvalue weighted by molar-refractivity contribution is -0.0576. The second-order valence-electron chi connectivity index (χ2n) is 9.48. The van der Waals surface area contributed by atoms with Crippen LogP contribution in [0.5, 0.6) is 11.6 Å². The minimum absolute atomic E-state index is 0.250. The number of aliphatic hydroxyl groups excluding tert-OH is 1. The largest absolute Gasteiger partial charge is 0.439 e. The zero-order valence-electron chi connectivity index (χ0n) is 21.2. The standard InChI is InChI=1S/C27H36ClN3O4/c1-27(2,3)34-19-22(32)17-31(15-16-33-5)18-24-25(20-9-7-6-8-10-20)29-30(4)26(24)35-23-13-11-21(28)12-14-23/h6-14,22,32H,15-19H2,1-5H3/t22-/m1/s1. The Morgan fingerprint density at radius 2 is 1.77 bits per heavy atom. The SMILES string of the molecule is COCCN(Cc1c(-c2ccccc2)nn(C)c1Oc1ccc(Cl)cc1)C[C@@H](O)COC(C)(C)C. The molecule has 1 atom stereocenters. The van der Waals surface area contributed by atoms with Crippen LogP contribution >= 0.6 is 11.6 Å². The first-order chi connectivity index (χ1) is 16.7. The fraction of sp³-hybridized carbons (Fsp3) is 0.444. The quantitative estimate of drug-likeness (QED) is 0.370. The minimum Gasteiger partial charge on any atom is -0.439 e. The molecule has 8 heteroatoms. The van der Waals surface area contributed by atoms with E-state index in [1.807, 2.05) is 70.3 Å². The van der Waals surface area contributed by atoms with Gasteiger partial charge in [0, 0.05) is 44.4 Å². The molecule has 7 nitrogen and oxygen atoms in total. The van der Waals surface area contributed by atoms with E-state index >= 15 is 0 Å². The average Bonchev–Trinajstić information content (AvgIpc) is 3.12. The molecule has 0 saturated heterocycles. The number of benzene rings is 2. The van der Waals surface area contributed by atoms with Crippen LogP contribution in [0.3, 0.4) is 0 Å².